The molecule has 0 saturated heterocycles. The molecule has 0 radical (unpaired) electrons. The Bertz CT molecular complexity index is 539. The van der Waals surface area contributed by atoms with Crippen LogP contribution in [0, 0.1) is 0 Å². The SMILES string of the molecule is CCCn1c(=O)oc2ccc(CCN)cc21. The number of fused-ring (bicyclic) bond motifs is 1. The lowest BCUT2D eigenvalue weighted by Gasteiger charge is -2.01. The largest absolute Gasteiger partial charge is 0.419 e. The molecule has 0 atom stereocenters. The van der Waals surface area contributed by atoms with Crippen LogP contribution >= 0.6 is 0 Å². The summed E-state index contributed by atoms with van der Waals surface area (Å²) < 4.78 is 6.84. The predicted molar refractivity (Wildman–Crippen MR) is 63.5 cm³/mol. The fourth-order valence-corrected chi connectivity index (χ4v) is 1.87. The number of nitrogens with two attached hydrogens (primary N) is 1. The Morgan fingerprint density at radius 3 is 2.94 bits per heavy atom. The van der Waals surface area contributed by atoms with E-state index in [0.717, 1.165) is 23.9 Å². The maximum atomic E-state index is 11.6. The summed E-state index contributed by atoms with van der Waals surface area (Å²) in [6, 6.07) is 5.78. The Morgan fingerprint density at radius 1 is 1.44 bits per heavy atom. The van der Waals surface area contributed by atoms with Gasteiger partial charge in [0.05, 0.1) is 5.52 Å². The average molecular weight is 220 g/mol. The number of aromatic nitrogens is 1. The van der Waals surface area contributed by atoms with Gasteiger partial charge < -0.3 is 10.2 Å². The molecule has 0 amide bonds. The second kappa shape index (κ2) is 4.53. The summed E-state index contributed by atoms with van der Waals surface area (Å²) in [5, 5.41) is 0. The van der Waals surface area contributed by atoms with E-state index in [1.54, 1.807) is 4.57 Å². The summed E-state index contributed by atoms with van der Waals surface area (Å²) >= 11 is 0. The minimum absolute atomic E-state index is 0.276. The van der Waals surface area contributed by atoms with Crippen molar-refractivity contribution in [1.82, 2.24) is 4.57 Å². The first-order valence-corrected chi connectivity index (χ1v) is 5.58. The number of rotatable bonds is 4. The highest BCUT2D eigenvalue weighted by Gasteiger charge is 2.08. The first-order valence-electron chi connectivity index (χ1n) is 5.58. The molecule has 0 aliphatic rings. The molecule has 2 aromatic rings. The normalized spacial score (nSPS) is 11.1. The lowest BCUT2D eigenvalue weighted by Crippen LogP contribution is -2.13. The zero-order valence-electron chi connectivity index (χ0n) is 9.40. The van der Waals surface area contributed by atoms with Crippen molar-refractivity contribution in [2.45, 2.75) is 26.3 Å². The topological polar surface area (TPSA) is 61.2 Å². The van der Waals surface area contributed by atoms with Gasteiger partial charge >= 0.3 is 5.76 Å². The number of hydrogen-bond donors (Lipinski definition) is 1. The van der Waals surface area contributed by atoms with Gasteiger partial charge in [0, 0.05) is 6.54 Å². The van der Waals surface area contributed by atoms with Crippen molar-refractivity contribution in [2.24, 2.45) is 5.73 Å². The van der Waals surface area contributed by atoms with Crippen LogP contribution in [0.1, 0.15) is 18.9 Å². The quantitative estimate of drug-likeness (QED) is 0.849. The zero-order valence-corrected chi connectivity index (χ0v) is 9.40. The van der Waals surface area contributed by atoms with Gasteiger partial charge in [-0.2, -0.15) is 0 Å². The first-order chi connectivity index (χ1) is 7.76. The molecule has 0 spiro atoms. The van der Waals surface area contributed by atoms with Crippen molar-refractivity contribution in [3.05, 3.63) is 34.3 Å². The third-order valence-corrected chi connectivity index (χ3v) is 2.61. The Hall–Kier alpha value is -1.55. The van der Waals surface area contributed by atoms with Gasteiger partial charge in [-0.1, -0.05) is 13.0 Å². The second-order valence-electron chi connectivity index (χ2n) is 3.86. The van der Waals surface area contributed by atoms with Crippen LogP contribution in [0.4, 0.5) is 0 Å². The number of benzene rings is 1. The van der Waals surface area contributed by atoms with Gasteiger partial charge in [-0.15, -0.1) is 0 Å². The van der Waals surface area contributed by atoms with Crippen LogP contribution in [-0.4, -0.2) is 11.1 Å². The molecule has 1 aromatic carbocycles. The van der Waals surface area contributed by atoms with Crippen LogP contribution in [0.3, 0.4) is 0 Å². The van der Waals surface area contributed by atoms with Crippen molar-refractivity contribution >= 4 is 11.1 Å². The highest BCUT2D eigenvalue weighted by Crippen LogP contribution is 2.15. The third-order valence-electron chi connectivity index (χ3n) is 2.61. The molecule has 0 aliphatic heterocycles. The van der Waals surface area contributed by atoms with E-state index in [-0.39, 0.29) is 5.76 Å². The molecule has 2 N–H and O–H groups in total. The average Bonchev–Trinajstić information content (AvgIpc) is 2.57. The van der Waals surface area contributed by atoms with E-state index in [1.165, 1.54) is 0 Å². The van der Waals surface area contributed by atoms with Gasteiger partial charge in [0.2, 0.25) is 0 Å². The molecule has 0 unspecified atom stereocenters. The molecule has 2 rings (SSSR count). The van der Waals surface area contributed by atoms with Gasteiger partial charge in [0.25, 0.3) is 0 Å². The Morgan fingerprint density at radius 2 is 2.25 bits per heavy atom. The predicted octanol–water partition coefficient (Wildman–Crippen LogP) is 1.51. The second-order valence-corrected chi connectivity index (χ2v) is 3.86. The van der Waals surface area contributed by atoms with Gasteiger partial charge in [0.1, 0.15) is 0 Å². The minimum Gasteiger partial charge on any atom is -0.408 e. The van der Waals surface area contributed by atoms with Crippen molar-refractivity contribution in [3.8, 4) is 0 Å². The summed E-state index contributed by atoms with van der Waals surface area (Å²) in [5.41, 5.74) is 8.18. The van der Waals surface area contributed by atoms with E-state index < -0.39 is 0 Å². The Labute approximate surface area is 93.7 Å². The molecular weight excluding hydrogens is 204 g/mol. The van der Waals surface area contributed by atoms with E-state index in [0.29, 0.717) is 18.7 Å². The van der Waals surface area contributed by atoms with Crippen LogP contribution < -0.4 is 11.5 Å². The third kappa shape index (κ3) is 1.88. The molecule has 1 heterocycles. The number of oxazole rings is 1. The standard InChI is InChI=1S/C12H16N2O2/c1-2-7-14-10-8-9(5-6-13)3-4-11(10)16-12(14)15/h3-4,8H,2,5-7,13H2,1H3. The molecule has 86 valence electrons. The van der Waals surface area contributed by atoms with Crippen LogP contribution in [0.25, 0.3) is 11.1 Å². The first kappa shape index (κ1) is 11.0. The van der Waals surface area contributed by atoms with Crippen LogP contribution in [0.15, 0.2) is 27.4 Å². The smallest absolute Gasteiger partial charge is 0.408 e. The van der Waals surface area contributed by atoms with Crippen molar-refractivity contribution in [2.75, 3.05) is 6.54 Å². The van der Waals surface area contributed by atoms with E-state index in [9.17, 15) is 4.79 Å². The lowest BCUT2D eigenvalue weighted by atomic mass is 10.1. The van der Waals surface area contributed by atoms with Gasteiger partial charge in [-0.25, -0.2) is 4.79 Å². The summed E-state index contributed by atoms with van der Waals surface area (Å²) in [4.78, 5) is 11.6. The van der Waals surface area contributed by atoms with E-state index in [2.05, 4.69) is 0 Å². The summed E-state index contributed by atoms with van der Waals surface area (Å²) in [6.45, 7) is 3.34. The molecule has 4 heteroatoms. The lowest BCUT2D eigenvalue weighted by molar-refractivity contribution is 0.502. The monoisotopic (exact) mass is 220 g/mol. The molecule has 0 bridgehead atoms. The Balaban J connectivity index is 2.55. The fraction of sp³-hybridized carbons (Fsp3) is 0.417. The molecule has 16 heavy (non-hydrogen) atoms. The molecule has 1 aromatic heterocycles. The van der Waals surface area contributed by atoms with E-state index >= 15 is 0 Å². The van der Waals surface area contributed by atoms with Crippen molar-refractivity contribution in [1.29, 1.82) is 0 Å². The number of hydrogen-bond acceptors (Lipinski definition) is 3. The molecule has 0 saturated carbocycles. The summed E-state index contributed by atoms with van der Waals surface area (Å²) in [7, 11) is 0. The summed E-state index contributed by atoms with van der Waals surface area (Å²) in [6.07, 6.45) is 1.73. The molecule has 0 fully saturated rings. The highest BCUT2D eigenvalue weighted by molar-refractivity contribution is 5.73. The van der Waals surface area contributed by atoms with Crippen molar-refractivity contribution < 1.29 is 4.42 Å². The van der Waals surface area contributed by atoms with Gasteiger partial charge in [-0.3, -0.25) is 4.57 Å². The maximum Gasteiger partial charge on any atom is 0.419 e. The number of aryl methyl sites for hydroxylation is 1. The zero-order chi connectivity index (χ0) is 11.5. The molecular formula is C12H16N2O2. The van der Waals surface area contributed by atoms with Crippen LogP contribution in [0.2, 0.25) is 0 Å². The Kier molecular flexibility index (Phi) is 3.10. The highest BCUT2D eigenvalue weighted by atomic mass is 16.4. The van der Waals surface area contributed by atoms with Gasteiger partial charge in [-0.05, 0) is 37.1 Å². The fourth-order valence-electron chi connectivity index (χ4n) is 1.87. The number of nitrogens with zero attached hydrogens (tertiary/aromatic N) is 1. The molecule has 4 nitrogen and oxygen atoms in total. The van der Waals surface area contributed by atoms with Crippen LogP contribution in [0.5, 0.6) is 0 Å². The minimum atomic E-state index is -0.276. The van der Waals surface area contributed by atoms with E-state index in [1.807, 2.05) is 25.1 Å². The van der Waals surface area contributed by atoms with E-state index in [4.69, 9.17) is 10.2 Å². The van der Waals surface area contributed by atoms with Crippen LogP contribution in [-0.2, 0) is 13.0 Å². The summed E-state index contributed by atoms with van der Waals surface area (Å²) in [5.74, 6) is -0.276. The molecule has 0 aliphatic carbocycles. The van der Waals surface area contributed by atoms with Crippen molar-refractivity contribution in [3.63, 3.8) is 0 Å². The maximum absolute atomic E-state index is 11.6. The van der Waals surface area contributed by atoms with Gasteiger partial charge in [0.15, 0.2) is 5.58 Å².